The van der Waals surface area contributed by atoms with Crippen LogP contribution in [-0.2, 0) is 12.8 Å². The van der Waals surface area contributed by atoms with E-state index in [9.17, 15) is 4.79 Å². The van der Waals surface area contributed by atoms with Crippen LogP contribution in [0.2, 0.25) is 0 Å². The van der Waals surface area contributed by atoms with Gasteiger partial charge in [0.25, 0.3) is 0 Å². The third-order valence-corrected chi connectivity index (χ3v) is 7.17. The van der Waals surface area contributed by atoms with Gasteiger partial charge in [0.05, 0.1) is 40.2 Å². The Hall–Kier alpha value is -4.39. The van der Waals surface area contributed by atoms with Crippen LogP contribution < -0.4 is 24.3 Å². The highest BCUT2D eigenvalue weighted by atomic mass is 16.5. The fourth-order valence-corrected chi connectivity index (χ4v) is 5.24. The number of nitrogens with one attached hydrogen (secondary N) is 1. The topological polar surface area (TPSA) is 69.3 Å². The van der Waals surface area contributed by atoms with Crippen molar-refractivity contribution in [3.05, 3.63) is 89.5 Å². The monoisotopic (exact) mass is 512 g/mol. The second-order valence-electron chi connectivity index (χ2n) is 9.22. The molecule has 0 spiro atoms. The van der Waals surface area contributed by atoms with E-state index in [1.807, 2.05) is 77.7 Å². The van der Waals surface area contributed by atoms with E-state index in [2.05, 4.69) is 5.32 Å². The number of hydrogen-bond donors (Lipinski definition) is 1. The summed E-state index contributed by atoms with van der Waals surface area (Å²) in [5.41, 5.74) is 3.99. The van der Waals surface area contributed by atoms with E-state index in [0.29, 0.717) is 42.4 Å². The molecule has 1 unspecified atom stereocenters. The summed E-state index contributed by atoms with van der Waals surface area (Å²) in [5, 5.41) is 5.26. The second-order valence-corrected chi connectivity index (χ2v) is 9.22. The first-order valence-corrected chi connectivity index (χ1v) is 12.6. The number of hydrogen-bond acceptors (Lipinski definition) is 5. The largest absolute Gasteiger partial charge is 0.493 e. The van der Waals surface area contributed by atoms with Crippen molar-refractivity contribution >= 4 is 22.5 Å². The molecular formula is C31H32N2O5. The van der Waals surface area contributed by atoms with Gasteiger partial charge < -0.3 is 29.2 Å². The van der Waals surface area contributed by atoms with Gasteiger partial charge in [-0.3, -0.25) is 0 Å². The lowest BCUT2D eigenvalue weighted by Crippen LogP contribution is -2.43. The third kappa shape index (κ3) is 4.79. The molecule has 7 heteroatoms. The summed E-state index contributed by atoms with van der Waals surface area (Å²) in [5.74, 6) is 2.64. The first kappa shape index (κ1) is 25.3. The van der Waals surface area contributed by atoms with Crippen LogP contribution in [0.25, 0.3) is 10.8 Å². The summed E-state index contributed by atoms with van der Waals surface area (Å²) in [6, 6.07) is 23.5. The maximum Gasteiger partial charge on any atom is 0.322 e. The van der Waals surface area contributed by atoms with Gasteiger partial charge in [-0.2, -0.15) is 0 Å². The smallest absolute Gasteiger partial charge is 0.322 e. The molecule has 7 nitrogen and oxygen atoms in total. The summed E-state index contributed by atoms with van der Waals surface area (Å²) in [7, 11) is 6.51. The molecule has 2 amide bonds. The van der Waals surface area contributed by atoms with Crippen molar-refractivity contribution in [2.45, 2.75) is 18.9 Å². The van der Waals surface area contributed by atoms with Crippen LogP contribution in [-0.4, -0.2) is 45.9 Å². The van der Waals surface area contributed by atoms with Crippen LogP contribution in [0.4, 0.5) is 10.5 Å². The maximum atomic E-state index is 13.8. The molecule has 0 fully saturated rings. The number of anilines is 1. The molecule has 0 radical (unpaired) electrons. The molecule has 1 aliphatic heterocycles. The van der Waals surface area contributed by atoms with E-state index in [1.165, 1.54) is 0 Å². The SMILES string of the molecule is COc1ccc(CC2c3cc(OC)c(OC)cc3CCN2C(=O)Nc2cccc3ccccc23)cc1OC. The van der Waals surface area contributed by atoms with Crippen LogP contribution in [0.15, 0.2) is 72.8 Å². The molecule has 0 bridgehead atoms. The number of fused-ring (bicyclic) bond motifs is 2. The normalized spacial score (nSPS) is 14.5. The molecule has 1 aliphatic rings. The summed E-state index contributed by atoms with van der Waals surface area (Å²) >= 11 is 0. The molecule has 0 saturated carbocycles. The standard InChI is InChI=1S/C31H32N2O5/c1-35-27-13-12-20(17-28(27)36-2)16-26-24-19-30(38-4)29(37-3)18-22(24)14-15-33(26)31(34)32-25-11-7-9-21-8-5-6-10-23(21)25/h5-13,17-19,26H,14-16H2,1-4H3,(H,32,34). The van der Waals surface area contributed by atoms with Gasteiger partial charge in [0.15, 0.2) is 23.0 Å². The van der Waals surface area contributed by atoms with Crippen molar-refractivity contribution in [3.8, 4) is 23.0 Å². The second kappa shape index (κ2) is 10.9. The first-order valence-electron chi connectivity index (χ1n) is 12.6. The number of methoxy groups -OCH3 is 4. The highest BCUT2D eigenvalue weighted by Gasteiger charge is 2.33. The van der Waals surface area contributed by atoms with Gasteiger partial charge in [-0.1, -0.05) is 42.5 Å². The van der Waals surface area contributed by atoms with E-state index in [-0.39, 0.29) is 12.1 Å². The zero-order valence-electron chi connectivity index (χ0n) is 22.1. The zero-order chi connectivity index (χ0) is 26.6. The number of urea groups is 1. The molecule has 1 atom stereocenters. The van der Waals surface area contributed by atoms with E-state index < -0.39 is 0 Å². The third-order valence-electron chi connectivity index (χ3n) is 7.17. The van der Waals surface area contributed by atoms with Gasteiger partial charge in [0.1, 0.15) is 0 Å². The minimum atomic E-state index is -0.230. The quantitative estimate of drug-likeness (QED) is 0.317. The minimum absolute atomic E-state index is 0.146. The molecule has 0 aliphatic carbocycles. The number of nitrogens with zero attached hydrogens (tertiary/aromatic N) is 1. The Kier molecular flexibility index (Phi) is 7.26. The van der Waals surface area contributed by atoms with Crippen molar-refractivity contribution < 1.29 is 23.7 Å². The molecule has 4 aromatic carbocycles. The van der Waals surface area contributed by atoms with Gasteiger partial charge in [-0.15, -0.1) is 0 Å². The Bertz CT molecular complexity index is 1460. The van der Waals surface area contributed by atoms with Crippen LogP contribution in [0.5, 0.6) is 23.0 Å². The Morgan fingerprint density at radius 1 is 0.816 bits per heavy atom. The lowest BCUT2D eigenvalue weighted by atomic mass is 9.88. The van der Waals surface area contributed by atoms with Crippen molar-refractivity contribution in [1.82, 2.24) is 4.90 Å². The van der Waals surface area contributed by atoms with Gasteiger partial charge in [-0.05, 0) is 65.3 Å². The van der Waals surface area contributed by atoms with Gasteiger partial charge in [0, 0.05) is 11.9 Å². The predicted octanol–water partition coefficient (Wildman–Crippen LogP) is 6.25. The highest BCUT2D eigenvalue weighted by Crippen LogP contribution is 2.40. The number of benzene rings is 4. The van der Waals surface area contributed by atoms with E-state index in [1.54, 1.807) is 28.4 Å². The first-order chi connectivity index (χ1) is 18.6. The molecule has 0 saturated heterocycles. The summed E-state index contributed by atoms with van der Waals surface area (Å²) in [4.78, 5) is 15.7. The lowest BCUT2D eigenvalue weighted by molar-refractivity contribution is 0.181. The molecule has 38 heavy (non-hydrogen) atoms. The number of ether oxygens (including phenoxy) is 4. The fourth-order valence-electron chi connectivity index (χ4n) is 5.24. The molecule has 4 aromatic rings. The highest BCUT2D eigenvalue weighted by molar-refractivity contribution is 6.01. The van der Waals surface area contributed by atoms with Crippen LogP contribution in [0, 0.1) is 0 Å². The summed E-state index contributed by atoms with van der Waals surface area (Å²) in [6.45, 7) is 0.567. The Morgan fingerprint density at radius 2 is 1.50 bits per heavy atom. The Morgan fingerprint density at radius 3 is 2.26 bits per heavy atom. The average molecular weight is 513 g/mol. The lowest BCUT2D eigenvalue weighted by Gasteiger charge is -2.38. The van der Waals surface area contributed by atoms with Gasteiger partial charge >= 0.3 is 6.03 Å². The predicted molar refractivity (Wildman–Crippen MR) is 149 cm³/mol. The van der Waals surface area contributed by atoms with Crippen LogP contribution in [0.1, 0.15) is 22.7 Å². The van der Waals surface area contributed by atoms with E-state index in [0.717, 1.165) is 33.2 Å². The molecule has 196 valence electrons. The molecule has 1 heterocycles. The zero-order valence-corrected chi connectivity index (χ0v) is 22.1. The number of carbonyl (C=O) groups excluding carboxylic acids is 1. The van der Waals surface area contributed by atoms with Crippen LogP contribution >= 0.6 is 0 Å². The fraction of sp³-hybridized carbons (Fsp3) is 0.258. The summed E-state index contributed by atoms with van der Waals surface area (Å²) in [6.07, 6.45) is 1.30. The number of amides is 2. The average Bonchev–Trinajstić information content (AvgIpc) is 2.96. The van der Waals surface area contributed by atoms with Gasteiger partial charge in [-0.25, -0.2) is 4.79 Å². The van der Waals surface area contributed by atoms with Crippen molar-refractivity contribution in [2.75, 3.05) is 40.3 Å². The van der Waals surface area contributed by atoms with Crippen molar-refractivity contribution in [3.63, 3.8) is 0 Å². The van der Waals surface area contributed by atoms with Gasteiger partial charge in [0.2, 0.25) is 0 Å². The molecule has 0 aromatic heterocycles. The van der Waals surface area contributed by atoms with Crippen LogP contribution in [0.3, 0.4) is 0 Å². The number of carbonyl (C=O) groups is 1. The minimum Gasteiger partial charge on any atom is -0.493 e. The molecule has 5 rings (SSSR count). The summed E-state index contributed by atoms with van der Waals surface area (Å²) < 4.78 is 22.2. The maximum absolute atomic E-state index is 13.8. The number of rotatable bonds is 7. The van der Waals surface area contributed by atoms with Crippen molar-refractivity contribution in [1.29, 1.82) is 0 Å². The molecular weight excluding hydrogens is 480 g/mol. The Labute approximate surface area is 222 Å². The Balaban J connectivity index is 1.53. The van der Waals surface area contributed by atoms with E-state index in [4.69, 9.17) is 18.9 Å². The van der Waals surface area contributed by atoms with Crippen molar-refractivity contribution in [2.24, 2.45) is 0 Å². The molecule has 1 N–H and O–H groups in total. The van der Waals surface area contributed by atoms with E-state index >= 15 is 0 Å².